The van der Waals surface area contributed by atoms with Gasteiger partial charge >= 0.3 is 0 Å². The van der Waals surface area contributed by atoms with Crippen molar-refractivity contribution in [2.45, 2.75) is 20.0 Å². The summed E-state index contributed by atoms with van der Waals surface area (Å²) < 4.78 is 35.7. The highest BCUT2D eigenvalue weighted by Crippen LogP contribution is 2.36. The van der Waals surface area contributed by atoms with Gasteiger partial charge in [0.2, 0.25) is 11.8 Å². The summed E-state index contributed by atoms with van der Waals surface area (Å²) in [6.07, 6.45) is 1.46. The minimum atomic E-state index is -2.58. The van der Waals surface area contributed by atoms with Gasteiger partial charge in [0.05, 0.1) is 61.3 Å². The fourth-order valence-electron chi connectivity index (χ4n) is 5.05. The number of carbonyl (C=O) groups is 1. The first-order valence-electron chi connectivity index (χ1n) is 13.3. The largest absolute Gasteiger partial charge is 0.475 e. The highest BCUT2D eigenvalue weighted by Gasteiger charge is 2.30. The summed E-state index contributed by atoms with van der Waals surface area (Å²) in [6, 6.07) is 9.16. The number of pyridine rings is 1. The molecule has 13 heteroatoms. The molecule has 6 rings (SSSR count). The zero-order chi connectivity index (χ0) is 27.9. The lowest BCUT2D eigenvalue weighted by atomic mass is 10.1. The molecule has 1 atom stereocenters. The number of aryl methyl sites for hydroxylation is 2. The number of aliphatic imine (C=N–C) groups is 1. The second-order valence-electron chi connectivity index (χ2n) is 10.2. The number of aromatic nitrogens is 3. The summed E-state index contributed by atoms with van der Waals surface area (Å²) >= 11 is 0. The number of amides is 1. The maximum absolute atomic E-state index is 13.5. The molecule has 2 aromatic heterocycles. The molecule has 3 aliphatic rings. The molecular weight excluding hydrogens is 534 g/mol. The number of anilines is 3. The normalized spacial score (nSPS) is 22.7. The van der Waals surface area contributed by atoms with E-state index in [1.807, 2.05) is 36.9 Å². The molecular formula is C27H33N7O5S. The number of ether oxygens (including phenoxy) is 3. The zero-order valence-corrected chi connectivity index (χ0v) is 23.6. The minimum absolute atomic E-state index is 0.219. The first-order valence-corrected chi connectivity index (χ1v) is 15.4. The predicted molar refractivity (Wildman–Crippen MR) is 155 cm³/mol. The number of carbonyl (C=O) groups excluding carboxylic acids is 1. The van der Waals surface area contributed by atoms with Crippen LogP contribution in [0.25, 0.3) is 11.3 Å². The number of thiol groups is 1. The molecule has 40 heavy (non-hydrogen) atoms. The Morgan fingerprint density at radius 1 is 1.12 bits per heavy atom. The fourth-order valence-corrected chi connectivity index (χ4v) is 6.96. The van der Waals surface area contributed by atoms with Crippen LogP contribution >= 0.6 is 0 Å². The summed E-state index contributed by atoms with van der Waals surface area (Å²) in [5.41, 5.74) is 4.71. The second-order valence-corrected chi connectivity index (χ2v) is 13.1. The van der Waals surface area contributed by atoms with Crippen molar-refractivity contribution < 1.29 is 23.2 Å². The van der Waals surface area contributed by atoms with Crippen molar-refractivity contribution in [2.24, 2.45) is 12.0 Å². The van der Waals surface area contributed by atoms with Crippen molar-refractivity contribution in [2.75, 3.05) is 59.4 Å². The molecule has 0 aliphatic carbocycles. The van der Waals surface area contributed by atoms with Crippen molar-refractivity contribution in [3.05, 3.63) is 47.8 Å². The maximum Gasteiger partial charge on any atom is 0.280 e. The molecule has 2 bridgehead atoms. The number of fused-ring (bicyclic) bond motifs is 7. The number of nitrogens with zero attached hydrogens (tertiary/aromatic N) is 5. The van der Waals surface area contributed by atoms with Gasteiger partial charge in [-0.3, -0.25) is 14.0 Å². The summed E-state index contributed by atoms with van der Waals surface area (Å²) in [4.78, 5) is 24.6. The van der Waals surface area contributed by atoms with Gasteiger partial charge in [-0.25, -0.2) is 4.68 Å². The van der Waals surface area contributed by atoms with Crippen LogP contribution in [0.5, 0.6) is 5.88 Å². The Labute approximate surface area is 233 Å². The quantitative estimate of drug-likeness (QED) is 0.400. The van der Waals surface area contributed by atoms with Gasteiger partial charge in [0.15, 0.2) is 0 Å². The molecule has 2 N–H and O–H groups in total. The van der Waals surface area contributed by atoms with Crippen LogP contribution in [0.15, 0.2) is 41.5 Å². The van der Waals surface area contributed by atoms with E-state index >= 15 is 0 Å². The van der Waals surface area contributed by atoms with Gasteiger partial charge in [0, 0.05) is 35.5 Å². The maximum atomic E-state index is 13.5. The molecule has 1 amide bonds. The van der Waals surface area contributed by atoms with Crippen LogP contribution in [0.4, 0.5) is 17.1 Å². The van der Waals surface area contributed by atoms with E-state index in [-0.39, 0.29) is 6.10 Å². The summed E-state index contributed by atoms with van der Waals surface area (Å²) in [7, 11) is -0.784. The van der Waals surface area contributed by atoms with Gasteiger partial charge < -0.3 is 29.1 Å². The Bertz CT molecular complexity index is 1530. The third kappa shape index (κ3) is 5.31. The van der Waals surface area contributed by atoms with Gasteiger partial charge in [-0.15, -0.1) is 0 Å². The topological polar surface area (TPSA) is 132 Å². The average molecular weight is 568 g/mol. The molecule has 1 aromatic carbocycles. The van der Waals surface area contributed by atoms with E-state index < -0.39 is 16.0 Å². The van der Waals surface area contributed by atoms with E-state index in [2.05, 4.69) is 25.1 Å². The fraction of sp³-hybridized carbons (Fsp3) is 0.407. The van der Waals surface area contributed by atoms with Gasteiger partial charge in [-0.2, -0.15) is 10.1 Å². The van der Waals surface area contributed by atoms with E-state index in [0.29, 0.717) is 78.8 Å². The number of rotatable bonds is 2. The Balaban J connectivity index is 1.37. The monoisotopic (exact) mass is 567 g/mol. The van der Waals surface area contributed by atoms with E-state index in [0.717, 1.165) is 17.1 Å². The van der Waals surface area contributed by atoms with Crippen LogP contribution in [0.3, 0.4) is 0 Å². The molecule has 1 fully saturated rings. The number of hydrogen-bond donors (Lipinski definition) is 3. The molecule has 0 radical (unpaired) electrons. The highest BCUT2D eigenvalue weighted by molar-refractivity contribution is 8.04. The molecule has 0 saturated carbocycles. The molecule has 1 saturated heterocycles. The van der Waals surface area contributed by atoms with Crippen molar-refractivity contribution in [1.82, 2.24) is 14.8 Å². The smallest absolute Gasteiger partial charge is 0.280 e. The molecule has 3 aromatic rings. The summed E-state index contributed by atoms with van der Waals surface area (Å²) in [6.45, 7) is 5.86. The molecule has 5 heterocycles. The lowest BCUT2D eigenvalue weighted by Gasteiger charge is -2.30. The van der Waals surface area contributed by atoms with Crippen LogP contribution in [0.1, 0.15) is 23.0 Å². The van der Waals surface area contributed by atoms with E-state index in [1.165, 1.54) is 0 Å². The van der Waals surface area contributed by atoms with E-state index in [4.69, 9.17) is 14.2 Å². The Kier molecular flexibility index (Phi) is 7.02. The molecule has 3 aliphatic heterocycles. The lowest BCUT2D eigenvalue weighted by Crippen LogP contribution is -2.38. The molecule has 0 spiro atoms. The SMILES string of the molecule is Cc1cc2cc(n1)-c1cnn(C)c1OCCO[C@@H](C)CN1/C(=N/C2=O)Nc2ccc(N[SH]3(=O)CCOCC3)cc21. The molecule has 0 unspecified atom stereocenters. The van der Waals surface area contributed by atoms with Crippen molar-refractivity contribution in [3.8, 4) is 17.1 Å². The van der Waals surface area contributed by atoms with E-state index in [9.17, 15) is 9.00 Å². The highest BCUT2D eigenvalue weighted by atomic mass is 32.3. The van der Waals surface area contributed by atoms with Crippen molar-refractivity contribution in [3.63, 3.8) is 0 Å². The number of benzene rings is 1. The molecule has 12 nitrogen and oxygen atoms in total. The third-order valence-corrected chi connectivity index (χ3v) is 9.53. The Morgan fingerprint density at radius 3 is 2.77 bits per heavy atom. The summed E-state index contributed by atoms with van der Waals surface area (Å²) in [5, 5.41) is 7.62. The minimum Gasteiger partial charge on any atom is -0.475 e. The predicted octanol–water partition coefficient (Wildman–Crippen LogP) is 2.39. The Hall–Kier alpha value is -3.81. The van der Waals surface area contributed by atoms with Crippen LogP contribution in [-0.4, -0.2) is 81.4 Å². The third-order valence-electron chi connectivity index (χ3n) is 7.05. The lowest BCUT2D eigenvalue weighted by molar-refractivity contribution is 0.0483. The first kappa shape index (κ1) is 26.4. The Morgan fingerprint density at radius 2 is 1.95 bits per heavy atom. The van der Waals surface area contributed by atoms with Crippen LogP contribution in [0.2, 0.25) is 0 Å². The first-order chi connectivity index (χ1) is 19.3. The number of guanidine groups is 1. The van der Waals surface area contributed by atoms with Crippen LogP contribution in [-0.2, 0) is 26.6 Å². The van der Waals surface area contributed by atoms with Crippen molar-refractivity contribution in [1.29, 1.82) is 0 Å². The van der Waals surface area contributed by atoms with E-state index in [1.54, 1.807) is 30.1 Å². The number of nitrogens with one attached hydrogen (secondary N) is 2. The second kappa shape index (κ2) is 10.6. The van der Waals surface area contributed by atoms with Crippen LogP contribution < -0.4 is 19.7 Å². The van der Waals surface area contributed by atoms with Gasteiger partial charge in [-0.1, -0.05) is 0 Å². The standard InChI is InChI=1S/C27H33N7O5S/c1-17-12-19-13-23(29-17)21-15-28-33(3)26(21)39-7-6-38-18(2)16-34-24-14-20(32-40(36)10-8-37-9-11-40)4-5-22(24)30-27(34)31-25(19)35/h4-5,12-15,18,40H,6-11,16H2,1-3H3,(H,32,36)(H,30,31,35)/t18-/m0/s1. The summed E-state index contributed by atoms with van der Waals surface area (Å²) in [5.74, 6) is 1.52. The van der Waals surface area contributed by atoms with Gasteiger partial charge in [0.1, 0.15) is 6.61 Å². The average Bonchev–Trinajstić information content (AvgIpc) is 3.45. The zero-order valence-electron chi connectivity index (χ0n) is 22.7. The van der Waals surface area contributed by atoms with Crippen molar-refractivity contribution >= 4 is 39.0 Å². The number of hydrogen-bond acceptors (Lipinski definition) is 9. The molecule has 212 valence electrons. The van der Waals surface area contributed by atoms with Gasteiger partial charge in [-0.05, 0) is 54.3 Å². The van der Waals surface area contributed by atoms with Crippen LogP contribution in [0, 0.1) is 6.92 Å². The van der Waals surface area contributed by atoms with Gasteiger partial charge in [0.25, 0.3) is 5.91 Å².